The Morgan fingerprint density at radius 1 is 1.43 bits per heavy atom. The van der Waals surface area contributed by atoms with Gasteiger partial charge in [-0.2, -0.15) is 0 Å². The van der Waals surface area contributed by atoms with Crippen molar-refractivity contribution in [3.63, 3.8) is 0 Å². The summed E-state index contributed by atoms with van der Waals surface area (Å²) < 4.78 is 1.63. The van der Waals surface area contributed by atoms with E-state index in [0.29, 0.717) is 10.5 Å². The molecule has 0 saturated carbocycles. The minimum atomic E-state index is -0.318. The average molecular weight is 230 g/mol. The summed E-state index contributed by atoms with van der Waals surface area (Å²) in [6.07, 6.45) is 0. The number of nitrogens with zero attached hydrogens (tertiary/aromatic N) is 1. The summed E-state index contributed by atoms with van der Waals surface area (Å²) in [5.74, 6) is 0. The van der Waals surface area contributed by atoms with Crippen molar-refractivity contribution in [1.29, 1.82) is 0 Å². The van der Waals surface area contributed by atoms with Gasteiger partial charge in [0, 0.05) is 11.1 Å². The van der Waals surface area contributed by atoms with Crippen LogP contribution in [0.2, 0.25) is 0 Å². The van der Waals surface area contributed by atoms with Gasteiger partial charge in [-0.25, -0.2) is 9.89 Å². The third kappa shape index (κ3) is 1.61. The molecule has 74 valence electrons. The number of thiazole rings is 1. The first-order chi connectivity index (χ1) is 6.66. The molecule has 0 fully saturated rings. The highest BCUT2D eigenvalue weighted by molar-refractivity contribution is 7.71. The first-order valence-electron chi connectivity index (χ1n) is 3.71. The van der Waals surface area contributed by atoms with Crippen LogP contribution < -0.4 is 10.6 Å². The molecule has 0 aliphatic carbocycles. The maximum absolute atomic E-state index is 11.2. The van der Waals surface area contributed by atoms with Crippen LogP contribution in [0.5, 0.6) is 0 Å². The largest absolute Gasteiger partial charge is 0.342 e. The molecule has 0 saturated heterocycles. The molecular formula is C6H6N4O2S2. The molecule has 2 aromatic heterocycles. The Morgan fingerprint density at radius 3 is 2.71 bits per heavy atom. The van der Waals surface area contributed by atoms with Crippen LogP contribution in [0.4, 0.5) is 0 Å². The van der Waals surface area contributed by atoms with Crippen LogP contribution in [0, 0.1) is 4.77 Å². The van der Waals surface area contributed by atoms with Crippen LogP contribution in [0.25, 0.3) is 0 Å². The van der Waals surface area contributed by atoms with Gasteiger partial charge in [0.05, 0.1) is 6.54 Å². The predicted molar refractivity (Wildman–Crippen MR) is 54.3 cm³/mol. The molecule has 8 heteroatoms. The van der Waals surface area contributed by atoms with E-state index in [1.54, 1.807) is 5.38 Å². The molecule has 0 spiro atoms. The molecule has 0 atom stereocenters. The molecule has 0 aliphatic heterocycles. The number of aromatic amines is 3. The molecule has 0 unspecified atom stereocenters. The molecule has 0 amide bonds. The molecule has 0 aliphatic rings. The number of hydrogen-bond donors (Lipinski definition) is 3. The summed E-state index contributed by atoms with van der Waals surface area (Å²) in [4.78, 5) is 24.5. The van der Waals surface area contributed by atoms with Crippen molar-refractivity contribution in [3.8, 4) is 0 Å². The van der Waals surface area contributed by atoms with Crippen LogP contribution in [-0.4, -0.2) is 19.7 Å². The second-order valence-electron chi connectivity index (χ2n) is 2.62. The first-order valence-corrected chi connectivity index (χ1v) is 5.00. The van der Waals surface area contributed by atoms with Gasteiger partial charge in [-0.15, -0.1) is 0 Å². The van der Waals surface area contributed by atoms with Crippen molar-refractivity contribution in [2.24, 2.45) is 0 Å². The Kier molecular flexibility index (Phi) is 2.22. The zero-order chi connectivity index (χ0) is 10.1. The van der Waals surface area contributed by atoms with Crippen molar-refractivity contribution >= 4 is 23.6 Å². The molecule has 0 radical (unpaired) electrons. The molecule has 6 nitrogen and oxygen atoms in total. The van der Waals surface area contributed by atoms with E-state index in [2.05, 4.69) is 15.2 Å². The average Bonchev–Trinajstić information content (AvgIpc) is 2.67. The Bertz CT molecular complexity index is 570. The molecule has 14 heavy (non-hydrogen) atoms. The highest BCUT2D eigenvalue weighted by Crippen LogP contribution is 1.97. The van der Waals surface area contributed by atoms with Crippen LogP contribution in [0.3, 0.4) is 0 Å². The lowest BCUT2D eigenvalue weighted by molar-refractivity contribution is 0.735. The van der Waals surface area contributed by atoms with Gasteiger partial charge >= 0.3 is 10.6 Å². The molecule has 3 N–H and O–H groups in total. The minimum Gasteiger partial charge on any atom is -0.315 e. The predicted octanol–water partition coefficient (Wildman–Crippen LogP) is 0.0321. The van der Waals surface area contributed by atoms with E-state index in [9.17, 15) is 9.59 Å². The van der Waals surface area contributed by atoms with Gasteiger partial charge in [0.25, 0.3) is 0 Å². The van der Waals surface area contributed by atoms with Gasteiger partial charge in [0.2, 0.25) is 0 Å². The van der Waals surface area contributed by atoms with E-state index in [1.165, 1.54) is 4.57 Å². The lowest BCUT2D eigenvalue weighted by Crippen LogP contribution is -2.18. The summed E-state index contributed by atoms with van der Waals surface area (Å²) in [6.45, 7) is 0.274. The van der Waals surface area contributed by atoms with E-state index >= 15 is 0 Å². The molecule has 0 bridgehead atoms. The van der Waals surface area contributed by atoms with Gasteiger partial charge in [-0.05, 0) is 12.2 Å². The third-order valence-electron chi connectivity index (χ3n) is 1.67. The molecule has 0 aromatic carbocycles. The van der Waals surface area contributed by atoms with Crippen LogP contribution >= 0.6 is 23.6 Å². The second-order valence-corrected chi connectivity index (χ2v) is 3.85. The normalized spacial score (nSPS) is 10.6. The zero-order valence-electron chi connectivity index (χ0n) is 6.86. The van der Waals surface area contributed by atoms with Crippen molar-refractivity contribution in [3.05, 3.63) is 36.0 Å². The summed E-state index contributed by atoms with van der Waals surface area (Å²) in [5.41, 5.74) is 0.350. The maximum Gasteiger partial charge on any atom is 0.342 e. The highest BCUT2D eigenvalue weighted by atomic mass is 32.1. The summed E-state index contributed by atoms with van der Waals surface area (Å²) >= 11 is 5.92. The quantitative estimate of drug-likeness (QED) is 0.636. The lowest BCUT2D eigenvalue weighted by atomic mass is 10.5. The Labute approximate surface area is 86.2 Å². The first kappa shape index (κ1) is 9.16. The SMILES string of the molecule is O=c1[nH]c(Cn2c(=O)[nH][nH]c2=S)cs1. The topological polar surface area (TPSA) is 86.4 Å². The fourth-order valence-corrected chi connectivity index (χ4v) is 1.81. The number of nitrogens with one attached hydrogen (secondary N) is 3. The number of hydrogen-bond acceptors (Lipinski definition) is 4. The fourth-order valence-electron chi connectivity index (χ4n) is 1.04. The third-order valence-corrected chi connectivity index (χ3v) is 2.71. The maximum atomic E-state index is 11.2. The van der Waals surface area contributed by atoms with Gasteiger partial charge < -0.3 is 4.98 Å². The highest BCUT2D eigenvalue weighted by Gasteiger charge is 2.02. The molecule has 2 rings (SSSR count). The standard InChI is InChI=1S/C6H6N4O2S2/c11-4-8-9-5(13)10(4)1-3-2-14-6(12)7-3/h2H,1H2,(H,7,12)(H,8,11)(H,9,13). The van der Waals surface area contributed by atoms with Crippen molar-refractivity contribution in [2.45, 2.75) is 6.54 Å². The number of rotatable bonds is 2. The Hall–Kier alpha value is -1.41. The van der Waals surface area contributed by atoms with E-state index < -0.39 is 0 Å². The molecular weight excluding hydrogens is 224 g/mol. The van der Waals surface area contributed by atoms with Gasteiger partial charge in [0.1, 0.15) is 0 Å². The fraction of sp³-hybridized carbons (Fsp3) is 0.167. The zero-order valence-corrected chi connectivity index (χ0v) is 8.50. The Balaban J connectivity index is 2.40. The van der Waals surface area contributed by atoms with E-state index in [0.717, 1.165) is 11.3 Å². The van der Waals surface area contributed by atoms with Crippen molar-refractivity contribution < 1.29 is 0 Å². The summed E-state index contributed by atoms with van der Waals surface area (Å²) in [5, 5.41) is 6.53. The van der Waals surface area contributed by atoms with Crippen LogP contribution in [-0.2, 0) is 6.54 Å². The van der Waals surface area contributed by atoms with Crippen LogP contribution in [0.1, 0.15) is 5.69 Å². The van der Waals surface area contributed by atoms with E-state index in [-0.39, 0.29) is 17.1 Å². The summed E-state index contributed by atoms with van der Waals surface area (Å²) in [7, 11) is 0. The minimum absolute atomic E-state index is 0.140. The lowest BCUT2D eigenvalue weighted by Gasteiger charge is -1.95. The summed E-state index contributed by atoms with van der Waals surface area (Å²) in [6, 6.07) is 0. The number of H-pyrrole nitrogens is 3. The smallest absolute Gasteiger partial charge is 0.315 e. The van der Waals surface area contributed by atoms with Gasteiger partial charge in [-0.1, -0.05) is 11.3 Å². The van der Waals surface area contributed by atoms with E-state index in [4.69, 9.17) is 12.2 Å². The van der Waals surface area contributed by atoms with Gasteiger partial charge in [0.15, 0.2) is 4.77 Å². The second kappa shape index (κ2) is 3.39. The van der Waals surface area contributed by atoms with E-state index in [1.807, 2.05) is 0 Å². The van der Waals surface area contributed by atoms with Crippen molar-refractivity contribution in [2.75, 3.05) is 0 Å². The van der Waals surface area contributed by atoms with Crippen LogP contribution in [0.15, 0.2) is 15.0 Å². The molecule has 2 aromatic rings. The van der Waals surface area contributed by atoms with Crippen molar-refractivity contribution in [1.82, 2.24) is 19.7 Å². The van der Waals surface area contributed by atoms with Gasteiger partial charge in [-0.3, -0.25) is 14.5 Å². The molecule has 2 heterocycles. The monoisotopic (exact) mass is 230 g/mol. The number of aromatic nitrogens is 4. The Morgan fingerprint density at radius 2 is 2.21 bits per heavy atom.